The van der Waals surface area contributed by atoms with E-state index in [0.717, 1.165) is 32.9 Å². The molecule has 0 saturated carbocycles. The monoisotopic (exact) mass is 414 g/mol. The number of nitrogens with one attached hydrogen (secondary N) is 2. The third-order valence-electron chi connectivity index (χ3n) is 5.03. The minimum absolute atomic E-state index is 0.181. The third kappa shape index (κ3) is 4.00. The zero-order valence-electron chi connectivity index (χ0n) is 17.5. The predicted octanol–water partition coefficient (Wildman–Crippen LogP) is 5.88. The van der Waals surface area contributed by atoms with Gasteiger partial charge in [-0.1, -0.05) is 54.6 Å². The van der Waals surface area contributed by atoms with Crippen molar-refractivity contribution in [2.45, 2.75) is 13.8 Å². The lowest BCUT2D eigenvalue weighted by atomic mass is 10.0. The SMILES string of the molecule is COc1c2ccccc2c(OC(=O)Nc2ccc(C)c(NC(C)=O)c2)c2ccccc12. The van der Waals surface area contributed by atoms with Gasteiger partial charge in [0.2, 0.25) is 5.91 Å². The van der Waals surface area contributed by atoms with Crippen LogP contribution in [-0.4, -0.2) is 19.1 Å². The first kappa shape index (κ1) is 20.2. The van der Waals surface area contributed by atoms with Crippen LogP contribution in [-0.2, 0) is 4.79 Å². The maximum atomic E-state index is 12.8. The van der Waals surface area contributed by atoms with Crippen molar-refractivity contribution in [3.63, 3.8) is 0 Å². The number of benzene rings is 4. The summed E-state index contributed by atoms with van der Waals surface area (Å²) in [5, 5.41) is 8.76. The van der Waals surface area contributed by atoms with Crippen LogP contribution in [0.2, 0.25) is 0 Å². The first-order chi connectivity index (χ1) is 15.0. The summed E-state index contributed by atoms with van der Waals surface area (Å²) in [4.78, 5) is 24.2. The largest absolute Gasteiger partial charge is 0.495 e. The summed E-state index contributed by atoms with van der Waals surface area (Å²) < 4.78 is 11.5. The first-order valence-electron chi connectivity index (χ1n) is 9.82. The Morgan fingerprint density at radius 1 is 0.774 bits per heavy atom. The molecule has 0 aliphatic carbocycles. The van der Waals surface area contributed by atoms with Gasteiger partial charge < -0.3 is 14.8 Å². The molecule has 31 heavy (non-hydrogen) atoms. The van der Waals surface area contributed by atoms with Crippen LogP contribution in [0.15, 0.2) is 66.7 Å². The Labute approximate surface area is 179 Å². The zero-order chi connectivity index (χ0) is 22.0. The molecule has 0 unspecified atom stereocenters. The van der Waals surface area contributed by atoms with Crippen LogP contribution in [0.1, 0.15) is 12.5 Å². The maximum absolute atomic E-state index is 12.8. The van der Waals surface area contributed by atoms with Crippen molar-refractivity contribution in [1.29, 1.82) is 0 Å². The van der Waals surface area contributed by atoms with Crippen molar-refractivity contribution in [1.82, 2.24) is 0 Å². The van der Waals surface area contributed by atoms with Crippen molar-refractivity contribution in [3.05, 3.63) is 72.3 Å². The Morgan fingerprint density at radius 2 is 1.32 bits per heavy atom. The van der Waals surface area contributed by atoms with E-state index in [1.807, 2.05) is 61.5 Å². The van der Waals surface area contributed by atoms with Gasteiger partial charge in [0.1, 0.15) is 11.5 Å². The fraction of sp³-hybridized carbons (Fsp3) is 0.120. The highest BCUT2D eigenvalue weighted by molar-refractivity contribution is 6.12. The van der Waals surface area contributed by atoms with Gasteiger partial charge in [0.25, 0.3) is 0 Å². The number of rotatable bonds is 4. The summed E-state index contributed by atoms with van der Waals surface area (Å²) in [7, 11) is 1.63. The van der Waals surface area contributed by atoms with E-state index in [9.17, 15) is 9.59 Å². The molecule has 4 aromatic carbocycles. The third-order valence-corrected chi connectivity index (χ3v) is 5.03. The van der Waals surface area contributed by atoms with E-state index in [0.29, 0.717) is 17.1 Å². The molecule has 0 radical (unpaired) electrons. The lowest BCUT2D eigenvalue weighted by molar-refractivity contribution is -0.114. The van der Waals surface area contributed by atoms with E-state index in [-0.39, 0.29) is 5.91 Å². The van der Waals surface area contributed by atoms with Gasteiger partial charge in [-0.2, -0.15) is 0 Å². The molecule has 4 rings (SSSR count). The number of amides is 2. The highest BCUT2D eigenvalue weighted by atomic mass is 16.6. The number of hydrogen-bond acceptors (Lipinski definition) is 4. The van der Waals surface area contributed by atoms with Crippen LogP contribution in [0.25, 0.3) is 21.5 Å². The number of anilines is 2. The molecular weight excluding hydrogens is 392 g/mol. The summed E-state index contributed by atoms with van der Waals surface area (Å²) in [6.07, 6.45) is -0.627. The summed E-state index contributed by atoms with van der Waals surface area (Å²) >= 11 is 0. The molecule has 0 fully saturated rings. The molecule has 156 valence electrons. The highest BCUT2D eigenvalue weighted by Crippen LogP contribution is 2.42. The summed E-state index contributed by atoms with van der Waals surface area (Å²) in [6.45, 7) is 3.32. The number of carbonyl (C=O) groups excluding carboxylic acids is 2. The summed E-state index contributed by atoms with van der Waals surface area (Å²) in [5.74, 6) is 1.01. The van der Waals surface area contributed by atoms with Crippen LogP contribution in [0, 0.1) is 6.92 Å². The Hall–Kier alpha value is -4.06. The van der Waals surface area contributed by atoms with Gasteiger partial charge in [-0.05, 0) is 24.6 Å². The van der Waals surface area contributed by atoms with Crippen molar-refractivity contribution >= 4 is 44.9 Å². The Balaban J connectivity index is 1.72. The normalized spacial score (nSPS) is 10.7. The Kier molecular flexibility index (Phi) is 5.45. The molecule has 0 saturated heterocycles. The van der Waals surface area contributed by atoms with Crippen molar-refractivity contribution in [2.75, 3.05) is 17.7 Å². The van der Waals surface area contributed by atoms with Gasteiger partial charge in [-0.15, -0.1) is 0 Å². The Bertz CT molecular complexity index is 1260. The summed E-state index contributed by atoms with van der Waals surface area (Å²) in [6, 6.07) is 20.5. The second-order valence-corrected chi connectivity index (χ2v) is 7.18. The molecule has 0 spiro atoms. The van der Waals surface area contributed by atoms with Gasteiger partial charge >= 0.3 is 6.09 Å². The van der Waals surface area contributed by atoms with Gasteiger partial charge in [0.05, 0.1) is 7.11 Å². The molecular formula is C25H22N2O4. The van der Waals surface area contributed by atoms with Crippen LogP contribution in [0.4, 0.5) is 16.2 Å². The first-order valence-corrected chi connectivity index (χ1v) is 9.82. The molecule has 4 aromatic rings. The van der Waals surface area contributed by atoms with E-state index in [2.05, 4.69) is 10.6 Å². The standard InChI is InChI=1S/C25H22N2O4/c1-15-12-13-17(14-22(15)26-16(2)28)27-25(29)31-24-20-10-6-4-8-18(20)23(30-3)19-9-5-7-11-21(19)24/h4-14H,1-3H3,(H,26,28)(H,27,29). The average molecular weight is 414 g/mol. The molecule has 0 aromatic heterocycles. The van der Waals surface area contributed by atoms with Crippen LogP contribution in [0.5, 0.6) is 11.5 Å². The number of fused-ring (bicyclic) bond motifs is 2. The molecule has 0 atom stereocenters. The second kappa shape index (κ2) is 8.36. The molecule has 0 bridgehead atoms. The maximum Gasteiger partial charge on any atom is 0.417 e. The minimum atomic E-state index is -0.627. The van der Waals surface area contributed by atoms with Crippen LogP contribution < -0.4 is 20.1 Å². The number of aryl methyl sites for hydroxylation is 1. The van der Waals surface area contributed by atoms with Crippen molar-refractivity contribution in [2.24, 2.45) is 0 Å². The van der Waals surface area contributed by atoms with Gasteiger partial charge in [0.15, 0.2) is 0 Å². The van der Waals surface area contributed by atoms with E-state index < -0.39 is 6.09 Å². The zero-order valence-corrected chi connectivity index (χ0v) is 17.5. The quantitative estimate of drug-likeness (QED) is 0.409. The molecule has 0 heterocycles. The van der Waals surface area contributed by atoms with E-state index in [1.165, 1.54) is 6.92 Å². The van der Waals surface area contributed by atoms with Crippen molar-refractivity contribution in [3.8, 4) is 11.5 Å². The van der Waals surface area contributed by atoms with E-state index in [4.69, 9.17) is 9.47 Å². The lowest BCUT2D eigenvalue weighted by Crippen LogP contribution is -2.17. The highest BCUT2D eigenvalue weighted by Gasteiger charge is 2.18. The molecule has 6 nitrogen and oxygen atoms in total. The molecule has 2 N–H and O–H groups in total. The minimum Gasteiger partial charge on any atom is -0.495 e. The number of carbonyl (C=O) groups is 2. The smallest absolute Gasteiger partial charge is 0.417 e. The second-order valence-electron chi connectivity index (χ2n) is 7.18. The Morgan fingerprint density at radius 3 is 1.84 bits per heavy atom. The number of methoxy groups -OCH3 is 1. The van der Waals surface area contributed by atoms with Gasteiger partial charge in [0, 0.05) is 39.8 Å². The fourth-order valence-electron chi connectivity index (χ4n) is 3.64. The van der Waals surface area contributed by atoms with Crippen LogP contribution in [0.3, 0.4) is 0 Å². The number of hydrogen-bond donors (Lipinski definition) is 2. The molecule has 0 aliphatic heterocycles. The average Bonchev–Trinajstić information content (AvgIpc) is 2.76. The molecule has 6 heteroatoms. The van der Waals surface area contributed by atoms with E-state index >= 15 is 0 Å². The topological polar surface area (TPSA) is 76.7 Å². The van der Waals surface area contributed by atoms with Crippen molar-refractivity contribution < 1.29 is 19.1 Å². The summed E-state index contributed by atoms with van der Waals surface area (Å²) in [5.41, 5.74) is 2.04. The lowest BCUT2D eigenvalue weighted by Gasteiger charge is -2.16. The molecule has 2 amide bonds. The predicted molar refractivity (Wildman–Crippen MR) is 123 cm³/mol. The molecule has 0 aliphatic rings. The van der Waals surface area contributed by atoms with Crippen LogP contribution >= 0.6 is 0 Å². The van der Waals surface area contributed by atoms with E-state index in [1.54, 1.807) is 19.2 Å². The fourth-order valence-corrected chi connectivity index (χ4v) is 3.64. The number of ether oxygens (including phenoxy) is 2. The van der Waals surface area contributed by atoms with Gasteiger partial charge in [-0.25, -0.2) is 4.79 Å². The van der Waals surface area contributed by atoms with Gasteiger partial charge in [-0.3, -0.25) is 10.1 Å².